The van der Waals surface area contributed by atoms with E-state index in [9.17, 15) is 29.3 Å². The van der Waals surface area contributed by atoms with Gasteiger partial charge in [0.25, 0.3) is 5.69 Å². The van der Waals surface area contributed by atoms with E-state index >= 15 is 0 Å². The monoisotopic (exact) mass is 697 g/mol. The number of benzene rings is 3. The van der Waals surface area contributed by atoms with Crippen LogP contribution < -0.4 is 4.90 Å². The van der Waals surface area contributed by atoms with Crippen LogP contribution in [0.15, 0.2) is 65.1 Å². The Labute approximate surface area is 279 Å². The molecule has 3 unspecified atom stereocenters. The first-order chi connectivity index (χ1) is 22.5. The molecule has 0 N–H and O–H groups in total. The summed E-state index contributed by atoms with van der Waals surface area (Å²) in [5, 5.41) is 11.9. The van der Waals surface area contributed by atoms with Crippen LogP contribution in [0.1, 0.15) is 65.0 Å². The fourth-order valence-corrected chi connectivity index (χ4v) is 7.15. The summed E-state index contributed by atoms with van der Waals surface area (Å²) in [5.74, 6) is -1.77. The Kier molecular flexibility index (Phi) is 8.76. The number of hydrogen-bond acceptors (Lipinski definition) is 8. The molecule has 6 rings (SSSR count). The van der Waals surface area contributed by atoms with E-state index in [4.69, 9.17) is 9.72 Å². The van der Waals surface area contributed by atoms with Gasteiger partial charge < -0.3 is 4.74 Å². The van der Waals surface area contributed by atoms with Crippen LogP contribution in [0.2, 0.25) is 0 Å². The summed E-state index contributed by atoms with van der Waals surface area (Å²) in [6, 6.07) is 16.4. The number of ether oxygens (including phenoxy) is 1. The van der Waals surface area contributed by atoms with Gasteiger partial charge in [-0.2, -0.15) is 0 Å². The largest absolute Gasteiger partial charge is 0.454 e. The molecule has 1 saturated heterocycles. The van der Waals surface area contributed by atoms with Crippen molar-refractivity contribution < 1.29 is 28.8 Å². The molecule has 11 heteroatoms. The lowest BCUT2D eigenvalue weighted by Gasteiger charge is -2.25. The van der Waals surface area contributed by atoms with Gasteiger partial charge in [-0.15, -0.1) is 0 Å². The molecular formula is C36H32BrN3O7. The number of ketones is 1. The van der Waals surface area contributed by atoms with Gasteiger partial charge in [-0.05, 0) is 74.4 Å². The molecule has 1 aliphatic heterocycles. The first kappa shape index (κ1) is 32.2. The van der Waals surface area contributed by atoms with Crippen LogP contribution in [0.25, 0.3) is 22.2 Å². The zero-order valence-corrected chi connectivity index (χ0v) is 27.7. The maximum atomic E-state index is 13.6. The fourth-order valence-electron chi connectivity index (χ4n) is 6.64. The number of imide groups is 1. The Bertz CT molecular complexity index is 1970. The van der Waals surface area contributed by atoms with Crippen molar-refractivity contribution in [3.05, 3.63) is 97.5 Å². The Balaban J connectivity index is 1.31. The zero-order valence-electron chi connectivity index (χ0n) is 26.1. The van der Waals surface area contributed by atoms with Crippen LogP contribution >= 0.6 is 15.9 Å². The molecule has 3 atom stereocenters. The van der Waals surface area contributed by atoms with E-state index in [1.165, 1.54) is 23.1 Å². The van der Waals surface area contributed by atoms with Crippen LogP contribution in [0.4, 0.5) is 11.4 Å². The topological polar surface area (TPSA) is 137 Å². The molecule has 240 valence electrons. The summed E-state index contributed by atoms with van der Waals surface area (Å²) in [5.41, 5.74) is 3.57. The van der Waals surface area contributed by atoms with E-state index in [0.717, 1.165) is 29.3 Å². The number of rotatable bonds is 8. The van der Waals surface area contributed by atoms with Crippen LogP contribution in [0.3, 0.4) is 0 Å². The number of carbonyl (C=O) groups is 4. The van der Waals surface area contributed by atoms with Gasteiger partial charge in [0, 0.05) is 32.6 Å². The minimum absolute atomic E-state index is 0.0650. The lowest BCUT2D eigenvalue weighted by atomic mass is 9.76. The van der Waals surface area contributed by atoms with Crippen molar-refractivity contribution in [3.63, 3.8) is 0 Å². The van der Waals surface area contributed by atoms with Crippen molar-refractivity contribution in [1.82, 2.24) is 4.98 Å². The molecule has 0 spiro atoms. The highest BCUT2D eigenvalue weighted by atomic mass is 79.9. The van der Waals surface area contributed by atoms with Gasteiger partial charge in [-0.25, -0.2) is 9.78 Å². The first-order valence-electron chi connectivity index (χ1n) is 15.5. The van der Waals surface area contributed by atoms with E-state index in [-0.39, 0.29) is 40.5 Å². The second-order valence-corrected chi connectivity index (χ2v) is 13.2. The van der Waals surface area contributed by atoms with Gasteiger partial charge in [0.05, 0.1) is 39.2 Å². The standard InChI is InChI=1S/C36H32BrN3O7/c1-4-21-14-24(37)16-27-29(36(44)47-18-32(41)23-7-6-20(3)31(15-23)40(45)46)17-30(38-33(21)27)22-8-10-25(11-9-22)39-34(42)26-12-5-19(2)13-28(26)35(39)43/h6-11,14-17,19,26,28H,4-5,12-13,18H2,1-3H3. The Hall–Kier alpha value is -4.77. The molecule has 2 aliphatic rings. The van der Waals surface area contributed by atoms with E-state index in [2.05, 4.69) is 22.9 Å². The van der Waals surface area contributed by atoms with Gasteiger partial charge in [0.15, 0.2) is 6.61 Å². The number of aromatic nitrogens is 1. The van der Waals surface area contributed by atoms with Crippen LogP contribution in [-0.2, 0) is 20.7 Å². The van der Waals surface area contributed by atoms with Gasteiger partial charge in [-0.1, -0.05) is 54.0 Å². The summed E-state index contributed by atoms with van der Waals surface area (Å²) in [6.07, 6.45) is 3.00. The van der Waals surface area contributed by atoms with Gasteiger partial charge in [0.1, 0.15) is 0 Å². The quantitative estimate of drug-likeness (QED) is 0.0610. The molecular weight excluding hydrogens is 666 g/mol. The minimum atomic E-state index is -0.754. The second-order valence-electron chi connectivity index (χ2n) is 12.3. The lowest BCUT2D eigenvalue weighted by molar-refractivity contribution is -0.385. The molecule has 4 aromatic rings. The number of nitro groups is 1. The van der Waals surface area contributed by atoms with Gasteiger partial charge in [0.2, 0.25) is 17.6 Å². The number of aryl methyl sites for hydroxylation is 2. The molecule has 3 aromatic carbocycles. The first-order valence-corrected chi connectivity index (χ1v) is 16.3. The molecule has 10 nitrogen and oxygen atoms in total. The highest BCUT2D eigenvalue weighted by Gasteiger charge is 2.49. The highest BCUT2D eigenvalue weighted by molar-refractivity contribution is 9.10. The number of anilines is 1. The summed E-state index contributed by atoms with van der Waals surface area (Å²) in [4.78, 5) is 69.9. The SMILES string of the molecule is CCc1cc(Br)cc2c(C(=O)OCC(=O)c3ccc(C)c([N+](=O)[O-])c3)cc(-c3ccc(N4C(=O)C5CCC(C)CC5C4=O)cc3)nc12. The molecule has 2 heterocycles. The summed E-state index contributed by atoms with van der Waals surface area (Å²) in [6.45, 7) is 5.06. The predicted molar refractivity (Wildman–Crippen MR) is 179 cm³/mol. The molecule has 47 heavy (non-hydrogen) atoms. The van der Waals surface area contributed by atoms with Gasteiger partial charge >= 0.3 is 5.97 Å². The lowest BCUT2D eigenvalue weighted by Crippen LogP contribution is -2.30. The number of carbonyl (C=O) groups excluding carboxylic acids is 4. The van der Waals surface area contributed by atoms with Crippen molar-refractivity contribution in [2.75, 3.05) is 11.5 Å². The molecule has 1 aromatic heterocycles. The van der Waals surface area contributed by atoms with E-state index in [1.807, 2.05) is 13.0 Å². The average Bonchev–Trinajstić information content (AvgIpc) is 3.30. The fraction of sp³-hybridized carbons (Fsp3) is 0.306. The Morgan fingerprint density at radius 1 is 1.02 bits per heavy atom. The smallest absolute Gasteiger partial charge is 0.339 e. The van der Waals surface area contributed by atoms with Crippen LogP contribution in [-0.4, -0.2) is 40.1 Å². The predicted octanol–water partition coefficient (Wildman–Crippen LogP) is 7.41. The number of amides is 2. The molecule has 2 fully saturated rings. The van der Waals surface area contributed by atoms with Crippen molar-refractivity contribution in [2.24, 2.45) is 17.8 Å². The van der Waals surface area contributed by atoms with Crippen molar-refractivity contribution in [1.29, 1.82) is 0 Å². The van der Waals surface area contributed by atoms with E-state index in [0.29, 0.717) is 45.7 Å². The number of esters is 1. The Morgan fingerprint density at radius 2 is 1.74 bits per heavy atom. The number of pyridine rings is 1. The molecule has 2 amide bonds. The average molecular weight is 699 g/mol. The number of fused-ring (bicyclic) bond motifs is 2. The summed E-state index contributed by atoms with van der Waals surface area (Å²) < 4.78 is 6.21. The number of halogens is 1. The molecule has 0 radical (unpaired) electrons. The van der Waals surface area contributed by atoms with Crippen molar-refractivity contribution in [3.8, 4) is 11.3 Å². The zero-order chi connectivity index (χ0) is 33.6. The van der Waals surface area contributed by atoms with E-state index < -0.39 is 23.3 Å². The number of Topliss-reactive ketones (excluding diaryl/α,β-unsaturated/α-hetero) is 1. The third-order valence-corrected chi connectivity index (χ3v) is 9.69. The number of nitrogens with zero attached hydrogens (tertiary/aromatic N) is 3. The third kappa shape index (κ3) is 6.07. The maximum absolute atomic E-state index is 13.6. The minimum Gasteiger partial charge on any atom is -0.454 e. The number of hydrogen-bond donors (Lipinski definition) is 0. The molecule has 1 aliphatic carbocycles. The van der Waals surface area contributed by atoms with Crippen molar-refractivity contribution in [2.45, 2.75) is 46.5 Å². The normalized spacial score (nSPS) is 19.1. The van der Waals surface area contributed by atoms with E-state index in [1.54, 1.807) is 43.3 Å². The summed E-state index contributed by atoms with van der Waals surface area (Å²) >= 11 is 3.51. The van der Waals surface area contributed by atoms with Crippen molar-refractivity contribution >= 4 is 61.8 Å². The van der Waals surface area contributed by atoms with Crippen LogP contribution in [0.5, 0.6) is 0 Å². The molecule has 0 bridgehead atoms. The number of nitro benzene ring substituents is 1. The Morgan fingerprint density at radius 3 is 2.45 bits per heavy atom. The highest BCUT2D eigenvalue weighted by Crippen LogP contribution is 2.42. The van der Waals surface area contributed by atoms with Crippen LogP contribution in [0, 0.1) is 34.8 Å². The van der Waals surface area contributed by atoms with Gasteiger partial charge in [-0.3, -0.25) is 29.4 Å². The maximum Gasteiger partial charge on any atom is 0.339 e. The third-order valence-electron chi connectivity index (χ3n) is 9.23. The summed E-state index contributed by atoms with van der Waals surface area (Å²) in [7, 11) is 0. The molecule has 1 saturated carbocycles. The second kappa shape index (κ2) is 12.8.